The first kappa shape index (κ1) is 7.81. The lowest BCUT2D eigenvalue weighted by molar-refractivity contribution is 0.0428. The van der Waals surface area contributed by atoms with E-state index in [1.807, 2.05) is 0 Å². The van der Waals surface area contributed by atoms with Gasteiger partial charge in [-0.25, -0.2) is 10.3 Å². The minimum absolute atomic E-state index is 0.128. The standard InChI is InChI=1S/C4H10FNO2/c5-1-2-7-3-4-8-6/h1-4,6H2/i5-1. The average molecular weight is 122 g/mol. The lowest BCUT2D eigenvalue weighted by atomic mass is 10.7. The fourth-order valence-corrected chi connectivity index (χ4v) is 0.264. The Labute approximate surface area is 47.5 Å². The predicted octanol–water partition coefficient (Wildman–Crippen LogP) is -0.137. The van der Waals surface area contributed by atoms with E-state index in [-0.39, 0.29) is 6.61 Å². The molecule has 0 bridgehead atoms. The van der Waals surface area contributed by atoms with Gasteiger partial charge in [-0.1, -0.05) is 0 Å². The monoisotopic (exact) mass is 122 g/mol. The Hall–Kier alpha value is -0.190. The highest BCUT2D eigenvalue weighted by molar-refractivity contribution is 4.26. The van der Waals surface area contributed by atoms with E-state index in [1.54, 1.807) is 0 Å². The van der Waals surface area contributed by atoms with Crippen molar-refractivity contribution in [1.29, 1.82) is 0 Å². The smallest absolute Gasteiger partial charge is 0.113 e. The Morgan fingerprint density at radius 1 is 1.25 bits per heavy atom. The third-order valence-electron chi connectivity index (χ3n) is 0.567. The molecule has 0 aliphatic rings. The van der Waals surface area contributed by atoms with Crippen molar-refractivity contribution in [3.63, 3.8) is 0 Å². The molecular formula is C4H10FNO2. The molecule has 0 aliphatic heterocycles. The van der Waals surface area contributed by atoms with Gasteiger partial charge in [-0.15, -0.1) is 0 Å². The van der Waals surface area contributed by atoms with Gasteiger partial charge in [-0.3, -0.25) is 0 Å². The molecular weight excluding hydrogens is 112 g/mol. The van der Waals surface area contributed by atoms with Crippen molar-refractivity contribution in [2.75, 3.05) is 26.5 Å². The highest BCUT2D eigenvalue weighted by atomic mass is 18.2. The molecule has 0 heterocycles. The maximum Gasteiger partial charge on any atom is 0.113 e. The van der Waals surface area contributed by atoms with Crippen LogP contribution in [0, 0.1) is 0 Å². The first-order chi connectivity index (χ1) is 3.91. The van der Waals surface area contributed by atoms with E-state index < -0.39 is 6.67 Å². The van der Waals surface area contributed by atoms with E-state index in [1.165, 1.54) is 0 Å². The van der Waals surface area contributed by atoms with Gasteiger partial charge >= 0.3 is 0 Å². The van der Waals surface area contributed by atoms with Crippen LogP contribution >= 0.6 is 0 Å². The summed E-state index contributed by atoms with van der Waals surface area (Å²) in [6.45, 7) is 0.356. The van der Waals surface area contributed by atoms with Gasteiger partial charge in [0.25, 0.3) is 0 Å². The van der Waals surface area contributed by atoms with E-state index >= 15 is 0 Å². The minimum atomic E-state index is -0.454. The Morgan fingerprint density at radius 2 is 2.00 bits per heavy atom. The number of hydrogen-bond donors (Lipinski definition) is 1. The van der Waals surface area contributed by atoms with Crippen molar-refractivity contribution >= 4 is 0 Å². The Balaban J connectivity index is 2.53. The largest absolute Gasteiger partial charge is 0.376 e. The molecule has 50 valence electrons. The van der Waals surface area contributed by atoms with Gasteiger partial charge in [0.05, 0.1) is 19.8 Å². The molecule has 0 spiro atoms. The molecule has 0 atom stereocenters. The molecule has 8 heavy (non-hydrogen) atoms. The van der Waals surface area contributed by atoms with E-state index in [4.69, 9.17) is 0 Å². The number of nitrogens with two attached hydrogens (primary N) is 1. The number of ether oxygens (including phenoxy) is 1. The third-order valence-corrected chi connectivity index (χ3v) is 0.567. The molecule has 0 saturated carbocycles. The summed E-state index contributed by atoms with van der Waals surface area (Å²) in [4.78, 5) is 4.14. The van der Waals surface area contributed by atoms with Gasteiger partial charge in [0.15, 0.2) is 0 Å². The van der Waals surface area contributed by atoms with Crippen molar-refractivity contribution in [3.8, 4) is 0 Å². The fraction of sp³-hybridized carbons (Fsp3) is 1.00. The highest BCUT2D eigenvalue weighted by Crippen LogP contribution is 1.74. The molecule has 0 aromatic rings. The zero-order chi connectivity index (χ0) is 6.24. The zero-order valence-corrected chi connectivity index (χ0v) is 4.60. The maximum atomic E-state index is 11.2. The van der Waals surface area contributed by atoms with Gasteiger partial charge in [0, 0.05) is 0 Å². The summed E-state index contributed by atoms with van der Waals surface area (Å²) in [6.07, 6.45) is 0. The predicted molar refractivity (Wildman–Crippen MR) is 26.9 cm³/mol. The van der Waals surface area contributed by atoms with Crippen molar-refractivity contribution in [2.24, 2.45) is 5.90 Å². The van der Waals surface area contributed by atoms with Crippen LogP contribution in [0.4, 0.5) is 4.39 Å². The van der Waals surface area contributed by atoms with Crippen LogP contribution in [0.1, 0.15) is 0 Å². The molecule has 0 aromatic carbocycles. The second kappa shape index (κ2) is 6.81. The van der Waals surface area contributed by atoms with E-state index in [0.29, 0.717) is 13.2 Å². The Morgan fingerprint density at radius 3 is 2.50 bits per heavy atom. The lowest BCUT2D eigenvalue weighted by Crippen LogP contribution is -2.09. The normalized spacial score (nSPS) is 9.75. The molecule has 0 rings (SSSR count). The molecule has 2 N–H and O–H groups in total. The first-order valence-corrected chi connectivity index (χ1v) is 2.37. The maximum absolute atomic E-state index is 11.2. The Kier molecular flexibility index (Phi) is 6.65. The molecule has 0 unspecified atom stereocenters. The summed E-state index contributed by atoms with van der Waals surface area (Å²) in [7, 11) is 0. The Bertz CT molecular complexity index is 39.0. The van der Waals surface area contributed by atoms with Crippen LogP contribution in [0.5, 0.6) is 0 Å². The van der Waals surface area contributed by atoms with Gasteiger partial charge in [0.1, 0.15) is 6.67 Å². The molecule has 0 fully saturated rings. The third kappa shape index (κ3) is 5.81. The summed E-state index contributed by atoms with van der Waals surface area (Å²) < 4.78 is 15.9. The summed E-state index contributed by atoms with van der Waals surface area (Å²) in [5, 5.41) is 0. The summed E-state index contributed by atoms with van der Waals surface area (Å²) >= 11 is 0. The van der Waals surface area contributed by atoms with Crippen LogP contribution in [0.15, 0.2) is 0 Å². The lowest BCUT2D eigenvalue weighted by Gasteiger charge is -1.96. The van der Waals surface area contributed by atoms with E-state index in [0.717, 1.165) is 0 Å². The first-order valence-electron chi connectivity index (χ1n) is 2.37. The van der Waals surface area contributed by atoms with Crippen molar-refractivity contribution in [2.45, 2.75) is 0 Å². The van der Waals surface area contributed by atoms with Gasteiger partial charge in [0.2, 0.25) is 0 Å². The van der Waals surface area contributed by atoms with Crippen LogP contribution in [0.25, 0.3) is 0 Å². The second-order valence-electron chi connectivity index (χ2n) is 1.17. The van der Waals surface area contributed by atoms with Gasteiger partial charge < -0.3 is 9.57 Å². The topological polar surface area (TPSA) is 44.5 Å². The zero-order valence-electron chi connectivity index (χ0n) is 4.60. The van der Waals surface area contributed by atoms with Gasteiger partial charge in [-0.2, -0.15) is 0 Å². The SMILES string of the molecule is NOCCOCC[18F]. The second-order valence-corrected chi connectivity index (χ2v) is 1.17. The van der Waals surface area contributed by atoms with Crippen LogP contribution in [0.3, 0.4) is 0 Å². The van der Waals surface area contributed by atoms with E-state index in [9.17, 15) is 4.39 Å². The molecule has 0 aromatic heterocycles. The van der Waals surface area contributed by atoms with Crippen LogP contribution in [0.2, 0.25) is 0 Å². The van der Waals surface area contributed by atoms with Gasteiger partial charge in [-0.05, 0) is 0 Å². The number of halogens is 1. The highest BCUT2D eigenvalue weighted by Gasteiger charge is 1.83. The van der Waals surface area contributed by atoms with Crippen molar-refractivity contribution < 1.29 is 14.0 Å². The number of rotatable bonds is 5. The average Bonchev–Trinajstić information content (AvgIpc) is 1.81. The van der Waals surface area contributed by atoms with Crippen molar-refractivity contribution in [1.82, 2.24) is 0 Å². The summed E-state index contributed by atoms with van der Waals surface area (Å²) in [6, 6.07) is 0. The molecule has 0 saturated heterocycles. The number of hydrogen-bond acceptors (Lipinski definition) is 3. The van der Waals surface area contributed by atoms with E-state index in [2.05, 4.69) is 15.5 Å². The minimum Gasteiger partial charge on any atom is -0.376 e. The quantitative estimate of drug-likeness (QED) is 0.408. The fourth-order valence-electron chi connectivity index (χ4n) is 0.264. The van der Waals surface area contributed by atoms with Crippen LogP contribution in [-0.2, 0) is 9.57 Å². The van der Waals surface area contributed by atoms with Crippen LogP contribution in [-0.4, -0.2) is 26.5 Å². The van der Waals surface area contributed by atoms with Crippen LogP contribution < -0.4 is 5.90 Å². The molecule has 0 aliphatic carbocycles. The summed E-state index contributed by atoms with van der Waals surface area (Å²) in [5.41, 5.74) is 0. The molecule has 4 heteroatoms. The summed E-state index contributed by atoms with van der Waals surface area (Å²) in [5.74, 6) is 4.64. The number of alkyl halides is 1. The molecule has 3 nitrogen and oxygen atoms in total. The molecule has 0 amide bonds. The van der Waals surface area contributed by atoms with Crippen molar-refractivity contribution in [3.05, 3.63) is 0 Å². The molecule has 0 radical (unpaired) electrons.